The molecule has 2 aliphatic rings. The molecule has 7 nitrogen and oxygen atoms in total. The van der Waals surface area contributed by atoms with Gasteiger partial charge in [-0.1, -0.05) is 29.8 Å². The second-order valence-corrected chi connectivity index (χ2v) is 7.90. The lowest BCUT2D eigenvalue weighted by Crippen LogP contribution is -2.56. The number of hydrogen-bond acceptors (Lipinski definition) is 5. The zero-order valence-electron chi connectivity index (χ0n) is 17.1. The Labute approximate surface area is 188 Å². The maximum Gasteiger partial charge on any atom is 0.310 e. The summed E-state index contributed by atoms with van der Waals surface area (Å²) in [5.41, 5.74) is 0.891. The van der Waals surface area contributed by atoms with Crippen molar-refractivity contribution in [2.24, 2.45) is 5.92 Å². The number of esters is 1. The third-order valence-electron chi connectivity index (χ3n) is 5.47. The second kappa shape index (κ2) is 11.5. The van der Waals surface area contributed by atoms with E-state index >= 15 is 0 Å². The molecule has 0 aromatic heterocycles. The van der Waals surface area contributed by atoms with E-state index in [4.69, 9.17) is 16.3 Å². The van der Waals surface area contributed by atoms with E-state index in [0.717, 1.165) is 18.4 Å². The summed E-state index contributed by atoms with van der Waals surface area (Å²) >= 11 is 6.22. The van der Waals surface area contributed by atoms with Gasteiger partial charge in [0.05, 0.1) is 25.0 Å². The largest absolute Gasteiger partial charge is 0.466 e. The van der Waals surface area contributed by atoms with Crippen LogP contribution in [-0.2, 0) is 25.7 Å². The molecule has 30 heavy (non-hydrogen) atoms. The molecule has 2 fully saturated rings. The van der Waals surface area contributed by atoms with Crippen LogP contribution in [0.4, 0.5) is 0 Å². The Morgan fingerprint density at radius 3 is 2.77 bits per heavy atom. The lowest BCUT2D eigenvalue weighted by atomic mass is 9.97. The summed E-state index contributed by atoms with van der Waals surface area (Å²) in [5.74, 6) is -0.727. The van der Waals surface area contributed by atoms with Crippen LogP contribution >= 0.6 is 24.0 Å². The van der Waals surface area contributed by atoms with Gasteiger partial charge in [-0.25, -0.2) is 0 Å². The summed E-state index contributed by atoms with van der Waals surface area (Å²) in [6.07, 6.45) is 1.59. The number of likely N-dealkylation sites (tertiary alicyclic amines) is 1. The Morgan fingerprint density at radius 1 is 1.27 bits per heavy atom. The zero-order valence-corrected chi connectivity index (χ0v) is 18.7. The molecule has 2 aliphatic heterocycles. The fraction of sp³-hybridized carbons (Fsp3) is 0.571. The minimum Gasteiger partial charge on any atom is -0.466 e. The van der Waals surface area contributed by atoms with E-state index in [1.54, 1.807) is 22.8 Å². The van der Waals surface area contributed by atoms with E-state index in [1.807, 2.05) is 18.2 Å². The minimum atomic E-state index is -0.554. The molecule has 2 unspecified atom stereocenters. The molecule has 1 N–H and O–H groups in total. The number of ether oxygens (including phenoxy) is 1. The van der Waals surface area contributed by atoms with E-state index in [9.17, 15) is 14.4 Å². The average Bonchev–Trinajstić information content (AvgIpc) is 2.72. The smallest absolute Gasteiger partial charge is 0.310 e. The molecule has 1 aromatic carbocycles. The molecule has 2 heterocycles. The number of halogens is 2. The van der Waals surface area contributed by atoms with Crippen LogP contribution in [0.25, 0.3) is 0 Å². The van der Waals surface area contributed by atoms with Gasteiger partial charge in [-0.15, -0.1) is 12.4 Å². The van der Waals surface area contributed by atoms with Crippen LogP contribution in [-0.4, -0.2) is 66.4 Å². The van der Waals surface area contributed by atoms with Crippen molar-refractivity contribution in [2.45, 2.75) is 38.8 Å². The first-order chi connectivity index (χ1) is 14.0. The lowest BCUT2D eigenvalue weighted by molar-refractivity contribution is -0.152. The normalized spacial score (nSPS) is 21.7. The van der Waals surface area contributed by atoms with E-state index in [2.05, 4.69) is 5.32 Å². The van der Waals surface area contributed by atoms with Crippen LogP contribution in [0.15, 0.2) is 24.3 Å². The Balaban J connectivity index is 0.00000320. The molecular formula is C21H29Cl2N3O4. The van der Waals surface area contributed by atoms with Gasteiger partial charge in [-0.05, 0) is 31.4 Å². The predicted octanol–water partition coefficient (Wildman–Crippen LogP) is 2.25. The summed E-state index contributed by atoms with van der Waals surface area (Å²) in [6.45, 7) is 4.72. The van der Waals surface area contributed by atoms with Crippen LogP contribution in [0.3, 0.4) is 0 Å². The number of piperidine rings is 1. The molecule has 0 spiro atoms. The van der Waals surface area contributed by atoms with Crippen LogP contribution in [0, 0.1) is 5.92 Å². The first kappa shape index (κ1) is 24.4. The molecule has 1 aromatic rings. The highest BCUT2D eigenvalue weighted by Crippen LogP contribution is 2.21. The van der Waals surface area contributed by atoms with E-state index in [-0.39, 0.29) is 42.5 Å². The van der Waals surface area contributed by atoms with Crippen molar-refractivity contribution in [1.29, 1.82) is 0 Å². The quantitative estimate of drug-likeness (QED) is 0.662. The van der Waals surface area contributed by atoms with Crippen molar-refractivity contribution in [3.63, 3.8) is 0 Å². The Morgan fingerprint density at radius 2 is 2.03 bits per heavy atom. The Kier molecular flexibility index (Phi) is 9.39. The molecule has 2 atom stereocenters. The summed E-state index contributed by atoms with van der Waals surface area (Å²) < 4.78 is 5.10. The van der Waals surface area contributed by atoms with Gasteiger partial charge >= 0.3 is 5.97 Å². The van der Waals surface area contributed by atoms with E-state index < -0.39 is 6.04 Å². The molecule has 2 saturated heterocycles. The average molecular weight is 458 g/mol. The van der Waals surface area contributed by atoms with Crippen LogP contribution in [0.2, 0.25) is 5.02 Å². The molecule has 0 saturated carbocycles. The van der Waals surface area contributed by atoms with E-state index in [1.165, 1.54) is 0 Å². The van der Waals surface area contributed by atoms with Crippen molar-refractivity contribution in [3.8, 4) is 0 Å². The lowest BCUT2D eigenvalue weighted by Gasteiger charge is -2.36. The van der Waals surface area contributed by atoms with Crippen molar-refractivity contribution in [2.75, 3.05) is 32.8 Å². The Bertz CT molecular complexity index is 762. The maximum atomic E-state index is 12.9. The number of carbonyl (C=O) groups is 3. The van der Waals surface area contributed by atoms with Crippen molar-refractivity contribution >= 4 is 41.8 Å². The first-order valence-electron chi connectivity index (χ1n) is 10.2. The third-order valence-corrected chi connectivity index (χ3v) is 5.84. The molecule has 0 aliphatic carbocycles. The van der Waals surface area contributed by atoms with Crippen LogP contribution < -0.4 is 5.32 Å². The molecule has 2 amide bonds. The molecule has 166 valence electrons. The maximum absolute atomic E-state index is 12.9. The van der Waals surface area contributed by atoms with Gasteiger partial charge in [0.25, 0.3) is 0 Å². The van der Waals surface area contributed by atoms with Gasteiger partial charge < -0.3 is 19.9 Å². The summed E-state index contributed by atoms with van der Waals surface area (Å²) in [6, 6.07) is 6.91. The highest BCUT2D eigenvalue weighted by Gasteiger charge is 2.34. The summed E-state index contributed by atoms with van der Waals surface area (Å²) in [7, 11) is 0. The number of amides is 2. The third kappa shape index (κ3) is 6.09. The van der Waals surface area contributed by atoms with Gasteiger partial charge in [0.1, 0.15) is 0 Å². The van der Waals surface area contributed by atoms with Crippen LogP contribution in [0.5, 0.6) is 0 Å². The first-order valence-corrected chi connectivity index (χ1v) is 10.6. The number of piperazine rings is 1. The van der Waals surface area contributed by atoms with Gasteiger partial charge in [-0.3, -0.25) is 14.4 Å². The van der Waals surface area contributed by atoms with Gasteiger partial charge in [0.15, 0.2) is 0 Å². The van der Waals surface area contributed by atoms with Gasteiger partial charge in [0.2, 0.25) is 11.8 Å². The Hall–Kier alpha value is -1.83. The fourth-order valence-corrected chi connectivity index (χ4v) is 4.10. The van der Waals surface area contributed by atoms with Crippen molar-refractivity contribution < 1.29 is 19.1 Å². The van der Waals surface area contributed by atoms with Gasteiger partial charge in [-0.2, -0.15) is 0 Å². The molecule has 0 bridgehead atoms. The van der Waals surface area contributed by atoms with Crippen LogP contribution in [0.1, 0.15) is 31.7 Å². The molecule has 3 rings (SSSR count). The molecule has 9 heteroatoms. The van der Waals surface area contributed by atoms with Crippen molar-refractivity contribution in [1.82, 2.24) is 15.1 Å². The monoisotopic (exact) mass is 457 g/mol. The summed E-state index contributed by atoms with van der Waals surface area (Å²) in [4.78, 5) is 41.1. The number of nitrogens with zero attached hydrogens (tertiary/aromatic N) is 2. The molecule has 0 radical (unpaired) electrons. The predicted molar refractivity (Wildman–Crippen MR) is 116 cm³/mol. The number of rotatable bonds is 6. The number of hydrogen-bond donors (Lipinski definition) is 1. The highest BCUT2D eigenvalue weighted by molar-refractivity contribution is 6.31. The van der Waals surface area contributed by atoms with E-state index in [0.29, 0.717) is 44.4 Å². The van der Waals surface area contributed by atoms with Crippen molar-refractivity contribution in [3.05, 3.63) is 34.9 Å². The minimum absolute atomic E-state index is 0. The van der Waals surface area contributed by atoms with Gasteiger partial charge in [0, 0.05) is 37.7 Å². The highest BCUT2D eigenvalue weighted by atomic mass is 35.5. The fourth-order valence-electron chi connectivity index (χ4n) is 3.90. The topological polar surface area (TPSA) is 79.0 Å². The second-order valence-electron chi connectivity index (χ2n) is 7.49. The zero-order chi connectivity index (χ0) is 20.8. The number of benzene rings is 1. The summed E-state index contributed by atoms with van der Waals surface area (Å²) in [5, 5.41) is 3.79. The molecular weight excluding hydrogens is 429 g/mol. The SMILES string of the molecule is CCOC(=O)C1CCCN(C(=O)CC2NCCN(Cc3ccccc3Cl)C2=O)C1.Cl. The number of nitrogens with one attached hydrogen (secondary N) is 1. The standard InChI is InChI=1S/C21H28ClN3O4.ClH/c1-2-29-21(28)16-7-5-10-24(14-16)19(26)12-18-20(27)25(11-9-23-18)13-15-6-3-4-8-17(15)22;/h3-4,6,8,16,18,23H,2,5,7,9-14H2,1H3;1H. The number of carbonyl (C=O) groups excluding carboxylic acids is 3.